The van der Waals surface area contributed by atoms with Crippen LogP contribution < -0.4 is 5.56 Å². The summed E-state index contributed by atoms with van der Waals surface area (Å²) in [6, 6.07) is 18.4. The Kier molecular flexibility index (Phi) is 5.02. The van der Waals surface area contributed by atoms with Gasteiger partial charge in [-0.1, -0.05) is 60.3 Å². The van der Waals surface area contributed by atoms with Crippen molar-refractivity contribution in [3.05, 3.63) is 86.5 Å². The van der Waals surface area contributed by atoms with Gasteiger partial charge in [-0.05, 0) is 55.4 Å². The van der Waals surface area contributed by atoms with Crippen LogP contribution in [0.25, 0.3) is 15.9 Å². The van der Waals surface area contributed by atoms with Crippen LogP contribution in [0.1, 0.15) is 34.4 Å². The van der Waals surface area contributed by atoms with Crippen LogP contribution >= 0.6 is 23.1 Å². The van der Waals surface area contributed by atoms with Crippen molar-refractivity contribution in [2.24, 2.45) is 0 Å². The van der Waals surface area contributed by atoms with Crippen molar-refractivity contribution < 1.29 is 0 Å². The zero-order valence-electron chi connectivity index (χ0n) is 16.4. The molecule has 0 unspecified atom stereocenters. The number of fused-ring (bicyclic) bond motifs is 3. The Bertz CT molecular complexity index is 1240. The molecule has 0 saturated heterocycles. The Hall–Kier alpha value is -2.37. The average molecular weight is 419 g/mol. The highest BCUT2D eigenvalue weighted by Crippen LogP contribution is 2.35. The summed E-state index contributed by atoms with van der Waals surface area (Å²) in [4.78, 5) is 21.0. The van der Waals surface area contributed by atoms with E-state index in [0.29, 0.717) is 0 Å². The van der Waals surface area contributed by atoms with Gasteiger partial charge in [-0.15, -0.1) is 11.3 Å². The summed E-state index contributed by atoms with van der Waals surface area (Å²) < 4.78 is 1.84. The van der Waals surface area contributed by atoms with Gasteiger partial charge in [0, 0.05) is 10.6 Å². The Balaban J connectivity index is 1.70. The van der Waals surface area contributed by atoms with E-state index in [-0.39, 0.29) is 5.56 Å². The number of thioether (sulfide) groups is 1. The van der Waals surface area contributed by atoms with Crippen LogP contribution in [0.2, 0.25) is 0 Å². The maximum absolute atomic E-state index is 13.8. The van der Waals surface area contributed by atoms with E-state index in [2.05, 4.69) is 25.1 Å². The molecule has 3 nitrogen and oxygen atoms in total. The van der Waals surface area contributed by atoms with Crippen molar-refractivity contribution in [1.82, 2.24) is 9.55 Å². The lowest BCUT2D eigenvalue weighted by Gasteiger charge is -2.15. The third kappa shape index (κ3) is 3.43. The molecule has 4 aromatic rings. The molecule has 0 radical (unpaired) electrons. The number of thiophene rings is 1. The standard InChI is InChI=1S/C24H22N2OS2/c1-16-9-5-7-13-19(16)26-23(27)21-18-12-6-8-14-20(18)29-22(21)25-24(26)28-15-17-10-3-2-4-11-17/h2-5,7,9-11,13H,6,8,12,14-15H2,1H3. The summed E-state index contributed by atoms with van der Waals surface area (Å²) in [6.07, 6.45) is 4.44. The molecular formula is C24H22N2OS2. The molecular weight excluding hydrogens is 396 g/mol. The smallest absolute Gasteiger partial charge is 0.267 e. The minimum atomic E-state index is 0.0826. The Morgan fingerprint density at radius 1 is 1.03 bits per heavy atom. The molecule has 0 bridgehead atoms. The minimum Gasteiger partial charge on any atom is -0.268 e. The van der Waals surface area contributed by atoms with Gasteiger partial charge in [0.05, 0.1) is 11.1 Å². The number of para-hydroxylation sites is 1. The number of aromatic nitrogens is 2. The van der Waals surface area contributed by atoms with E-state index in [1.54, 1.807) is 23.1 Å². The average Bonchev–Trinajstić information content (AvgIpc) is 3.12. The van der Waals surface area contributed by atoms with E-state index in [9.17, 15) is 4.79 Å². The summed E-state index contributed by atoms with van der Waals surface area (Å²) in [5, 5.41) is 1.62. The number of benzene rings is 2. The summed E-state index contributed by atoms with van der Waals surface area (Å²) >= 11 is 3.36. The normalized spacial score (nSPS) is 13.6. The lowest BCUT2D eigenvalue weighted by molar-refractivity contribution is 0.699. The molecule has 0 N–H and O–H groups in total. The van der Waals surface area contributed by atoms with E-state index >= 15 is 0 Å². The molecule has 2 aromatic heterocycles. The third-order valence-corrected chi connectivity index (χ3v) is 7.72. The second kappa shape index (κ2) is 7.81. The van der Waals surface area contributed by atoms with Crippen molar-refractivity contribution in [3.63, 3.8) is 0 Å². The Labute approximate surface area is 178 Å². The van der Waals surface area contributed by atoms with E-state index in [1.807, 2.05) is 41.0 Å². The van der Waals surface area contributed by atoms with Crippen LogP contribution in [0.4, 0.5) is 0 Å². The highest BCUT2D eigenvalue weighted by atomic mass is 32.2. The first kappa shape index (κ1) is 18.6. The van der Waals surface area contributed by atoms with Crippen molar-refractivity contribution in [2.75, 3.05) is 0 Å². The van der Waals surface area contributed by atoms with Gasteiger partial charge >= 0.3 is 0 Å². The van der Waals surface area contributed by atoms with Gasteiger partial charge in [-0.3, -0.25) is 9.36 Å². The fourth-order valence-electron chi connectivity index (χ4n) is 4.03. The van der Waals surface area contributed by atoms with Crippen molar-refractivity contribution in [3.8, 4) is 5.69 Å². The van der Waals surface area contributed by atoms with E-state index in [1.165, 1.54) is 22.4 Å². The van der Waals surface area contributed by atoms with Crippen LogP contribution in [-0.2, 0) is 18.6 Å². The maximum atomic E-state index is 13.8. The maximum Gasteiger partial charge on any atom is 0.267 e. The largest absolute Gasteiger partial charge is 0.268 e. The summed E-state index contributed by atoms with van der Waals surface area (Å²) in [5.41, 5.74) is 4.57. The third-order valence-electron chi connectivity index (χ3n) is 5.53. The SMILES string of the molecule is Cc1ccccc1-n1c(SCc2ccccc2)nc2sc3c(c2c1=O)CCCC3. The number of hydrogen-bond acceptors (Lipinski definition) is 4. The van der Waals surface area contributed by atoms with E-state index < -0.39 is 0 Å². The van der Waals surface area contributed by atoms with Gasteiger partial charge in [0.15, 0.2) is 5.16 Å². The molecule has 5 heteroatoms. The second-order valence-corrected chi connectivity index (χ2v) is 9.51. The van der Waals surface area contributed by atoms with Crippen LogP contribution in [0.5, 0.6) is 0 Å². The van der Waals surface area contributed by atoms with Crippen LogP contribution in [0.15, 0.2) is 64.5 Å². The van der Waals surface area contributed by atoms with Crippen molar-refractivity contribution in [1.29, 1.82) is 0 Å². The molecule has 1 aliphatic carbocycles. The Morgan fingerprint density at radius 2 is 1.79 bits per heavy atom. The molecule has 29 heavy (non-hydrogen) atoms. The minimum absolute atomic E-state index is 0.0826. The molecule has 0 amide bonds. The first-order valence-electron chi connectivity index (χ1n) is 10.0. The van der Waals surface area contributed by atoms with E-state index in [0.717, 1.165) is 51.6 Å². The topological polar surface area (TPSA) is 34.9 Å². The number of aryl methyl sites for hydroxylation is 3. The fraction of sp³-hybridized carbons (Fsp3) is 0.250. The molecule has 0 atom stereocenters. The van der Waals surface area contributed by atoms with Gasteiger partial charge in [-0.2, -0.15) is 0 Å². The second-order valence-electron chi connectivity index (χ2n) is 7.49. The zero-order chi connectivity index (χ0) is 19.8. The highest BCUT2D eigenvalue weighted by Gasteiger charge is 2.23. The predicted octanol–water partition coefficient (Wildman–Crippen LogP) is 5.93. The van der Waals surface area contributed by atoms with Crippen LogP contribution in [0, 0.1) is 6.92 Å². The number of nitrogens with zero attached hydrogens (tertiary/aromatic N) is 2. The lowest BCUT2D eigenvalue weighted by atomic mass is 9.97. The quantitative estimate of drug-likeness (QED) is 0.304. The van der Waals surface area contributed by atoms with Gasteiger partial charge in [0.25, 0.3) is 5.56 Å². The fourth-order valence-corrected chi connectivity index (χ4v) is 6.30. The molecule has 2 heterocycles. The van der Waals surface area contributed by atoms with Crippen LogP contribution in [-0.4, -0.2) is 9.55 Å². The highest BCUT2D eigenvalue weighted by molar-refractivity contribution is 7.98. The first-order valence-corrected chi connectivity index (χ1v) is 11.8. The molecule has 0 aliphatic heterocycles. The van der Waals surface area contributed by atoms with Crippen LogP contribution in [0.3, 0.4) is 0 Å². The molecule has 146 valence electrons. The molecule has 0 spiro atoms. The summed E-state index contributed by atoms with van der Waals surface area (Å²) in [7, 11) is 0. The first-order chi connectivity index (χ1) is 14.2. The number of rotatable bonds is 4. The molecule has 1 aliphatic rings. The van der Waals surface area contributed by atoms with Gasteiger partial charge in [-0.25, -0.2) is 4.98 Å². The van der Waals surface area contributed by atoms with Gasteiger partial charge in [0.1, 0.15) is 4.83 Å². The van der Waals surface area contributed by atoms with Crippen molar-refractivity contribution in [2.45, 2.75) is 43.5 Å². The lowest BCUT2D eigenvalue weighted by Crippen LogP contribution is -2.23. The summed E-state index contributed by atoms with van der Waals surface area (Å²) in [5.74, 6) is 0.787. The monoisotopic (exact) mass is 418 g/mol. The molecule has 5 rings (SSSR count). The van der Waals surface area contributed by atoms with Gasteiger partial charge < -0.3 is 0 Å². The number of hydrogen-bond donors (Lipinski definition) is 0. The predicted molar refractivity (Wildman–Crippen MR) is 123 cm³/mol. The van der Waals surface area contributed by atoms with Gasteiger partial charge in [0.2, 0.25) is 0 Å². The molecule has 0 fully saturated rings. The Morgan fingerprint density at radius 3 is 2.62 bits per heavy atom. The summed E-state index contributed by atoms with van der Waals surface area (Å²) in [6.45, 7) is 2.06. The molecule has 0 saturated carbocycles. The van der Waals surface area contributed by atoms with E-state index in [4.69, 9.17) is 4.98 Å². The van der Waals surface area contributed by atoms with Crippen molar-refractivity contribution >= 4 is 33.3 Å². The molecule has 2 aromatic carbocycles. The zero-order valence-corrected chi connectivity index (χ0v) is 18.0.